The first-order valence-corrected chi connectivity index (χ1v) is 7.25. The fourth-order valence-electron chi connectivity index (χ4n) is 3.87. The first kappa shape index (κ1) is 9.65. The van der Waals surface area contributed by atoms with Crippen LogP contribution >= 0.6 is 15.9 Å². The van der Waals surface area contributed by atoms with Crippen molar-refractivity contribution in [3.05, 3.63) is 0 Å². The summed E-state index contributed by atoms with van der Waals surface area (Å²) in [6.07, 6.45) is 8.93. The maximum Gasteiger partial charge on any atom is 0.0312 e. The topological polar surface area (TPSA) is 3.24 Å². The predicted octanol–water partition coefficient (Wildman–Crippen LogP) is 3.04. The van der Waals surface area contributed by atoms with Crippen LogP contribution in [0.2, 0.25) is 0 Å². The SMILES string of the molecule is BrCC12CC(CN1CC1CCCC1)C2. The van der Waals surface area contributed by atoms with E-state index in [1.54, 1.807) is 0 Å². The molecule has 2 saturated heterocycles. The molecule has 80 valence electrons. The van der Waals surface area contributed by atoms with Gasteiger partial charge in [0.05, 0.1) is 0 Å². The van der Waals surface area contributed by atoms with Gasteiger partial charge in [-0.25, -0.2) is 0 Å². The molecule has 4 aliphatic rings. The standard InChI is InChI=1S/C12H20BrN/c13-9-12-5-11(6-12)8-14(12)7-10-3-1-2-4-10/h10-11H,1-9H2. The minimum atomic E-state index is 0.604. The molecule has 0 aromatic heterocycles. The molecule has 0 N–H and O–H groups in total. The number of alkyl halides is 1. The van der Waals surface area contributed by atoms with Gasteiger partial charge >= 0.3 is 0 Å². The number of nitrogens with zero attached hydrogens (tertiary/aromatic N) is 1. The van der Waals surface area contributed by atoms with Gasteiger partial charge in [0.15, 0.2) is 0 Å². The minimum absolute atomic E-state index is 0.604. The minimum Gasteiger partial charge on any atom is -0.296 e. The lowest BCUT2D eigenvalue weighted by Crippen LogP contribution is -2.48. The second-order valence-electron chi connectivity index (χ2n) is 5.69. The Morgan fingerprint density at radius 3 is 2.57 bits per heavy atom. The Morgan fingerprint density at radius 2 is 1.93 bits per heavy atom. The Hall–Kier alpha value is 0.440. The van der Waals surface area contributed by atoms with Crippen LogP contribution in [0.1, 0.15) is 38.5 Å². The predicted molar refractivity (Wildman–Crippen MR) is 62.8 cm³/mol. The molecule has 2 heteroatoms. The summed E-state index contributed by atoms with van der Waals surface area (Å²) in [6.45, 7) is 2.81. The second kappa shape index (κ2) is 3.48. The van der Waals surface area contributed by atoms with Gasteiger partial charge < -0.3 is 0 Å². The smallest absolute Gasteiger partial charge is 0.0312 e. The van der Waals surface area contributed by atoms with Crippen LogP contribution in [0.4, 0.5) is 0 Å². The first-order chi connectivity index (χ1) is 6.82. The summed E-state index contributed by atoms with van der Waals surface area (Å²) in [4.78, 5) is 2.81. The summed E-state index contributed by atoms with van der Waals surface area (Å²) in [7, 11) is 0. The monoisotopic (exact) mass is 257 g/mol. The number of hydrogen-bond acceptors (Lipinski definition) is 1. The Kier molecular flexibility index (Phi) is 2.40. The summed E-state index contributed by atoms with van der Waals surface area (Å²) in [5, 5.41) is 1.21. The molecule has 2 saturated carbocycles. The van der Waals surface area contributed by atoms with Crippen LogP contribution in [0.3, 0.4) is 0 Å². The molecule has 2 aliphatic carbocycles. The van der Waals surface area contributed by atoms with E-state index in [1.165, 1.54) is 56.9 Å². The largest absolute Gasteiger partial charge is 0.296 e. The van der Waals surface area contributed by atoms with E-state index in [4.69, 9.17) is 0 Å². The highest BCUT2D eigenvalue weighted by Gasteiger charge is 2.55. The quantitative estimate of drug-likeness (QED) is 0.703. The summed E-state index contributed by atoms with van der Waals surface area (Å²) in [5.41, 5.74) is 0.604. The van der Waals surface area contributed by atoms with Gasteiger partial charge in [0.25, 0.3) is 0 Å². The van der Waals surface area contributed by atoms with Gasteiger partial charge in [0.2, 0.25) is 0 Å². The van der Waals surface area contributed by atoms with Crippen molar-refractivity contribution in [3.63, 3.8) is 0 Å². The van der Waals surface area contributed by atoms with Crippen LogP contribution in [-0.2, 0) is 0 Å². The van der Waals surface area contributed by atoms with E-state index in [2.05, 4.69) is 20.8 Å². The maximum absolute atomic E-state index is 3.72. The number of halogens is 1. The van der Waals surface area contributed by atoms with Gasteiger partial charge in [-0.2, -0.15) is 0 Å². The average Bonchev–Trinajstić information content (AvgIpc) is 2.77. The maximum atomic E-state index is 3.72. The lowest BCUT2D eigenvalue weighted by atomic mass is 9.74. The molecule has 0 atom stereocenters. The van der Waals surface area contributed by atoms with E-state index in [-0.39, 0.29) is 0 Å². The first-order valence-electron chi connectivity index (χ1n) is 6.13. The summed E-state index contributed by atoms with van der Waals surface area (Å²) in [5.74, 6) is 2.08. The Morgan fingerprint density at radius 1 is 1.21 bits per heavy atom. The van der Waals surface area contributed by atoms with Gasteiger partial charge in [-0.1, -0.05) is 28.8 Å². The molecule has 2 bridgehead atoms. The van der Waals surface area contributed by atoms with Crippen molar-refractivity contribution in [1.29, 1.82) is 0 Å². The third-order valence-electron chi connectivity index (χ3n) is 4.69. The van der Waals surface area contributed by atoms with Crippen LogP contribution in [0.5, 0.6) is 0 Å². The number of fused-ring (bicyclic) bond motifs is 1. The molecular weight excluding hydrogens is 238 g/mol. The molecule has 2 aliphatic heterocycles. The molecule has 0 aromatic rings. The van der Waals surface area contributed by atoms with Gasteiger partial charge in [0.1, 0.15) is 0 Å². The molecule has 0 amide bonds. The highest BCUT2D eigenvalue weighted by atomic mass is 79.9. The summed E-state index contributed by atoms with van der Waals surface area (Å²) >= 11 is 3.72. The molecule has 4 rings (SSSR count). The second-order valence-corrected chi connectivity index (χ2v) is 6.25. The molecule has 0 spiro atoms. The molecule has 0 radical (unpaired) electrons. The lowest BCUT2D eigenvalue weighted by molar-refractivity contribution is 0.119. The van der Waals surface area contributed by atoms with Crippen LogP contribution in [-0.4, -0.2) is 28.9 Å². The third-order valence-corrected chi connectivity index (χ3v) is 5.73. The van der Waals surface area contributed by atoms with E-state index in [9.17, 15) is 0 Å². The van der Waals surface area contributed by atoms with Crippen LogP contribution < -0.4 is 0 Å². The van der Waals surface area contributed by atoms with Crippen molar-refractivity contribution in [1.82, 2.24) is 4.90 Å². The van der Waals surface area contributed by atoms with E-state index < -0.39 is 0 Å². The molecule has 1 nitrogen and oxygen atoms in total. The number of hydrogen-bond donors (Lipinski definition) is 0. The summed E-state index contributed by atoms with van der Waals surface area (Å²) in [6, 6.07) is 0. The van der Waals surface area contributed by atoms with Crippen LogP contribution in [0.15, 0.2) is 0 Å². The van der Waals surface area contributed by atoms with Crippen molar-refractivity contribution in [2.24, 2.45) is 11.8 Å². The third kappa shape index (κ3) is 1.37. The van der Waals surface area contributed by atoms with Gasteiger partial charge in [0, 0.05) is 24.0 Å². The molecular formula is C12H20BrN. The normalized spacial score (nSPS) is 43.1. The van der Waals surface area contributed by atoms with Crippen molar-refractivity contribution in [2.75, 3.05) is 18.4 Å². The van der Waals surface area contributed by atoms with Crippen molar-refractivity contribution < 1.29 is 0 Å². The van der Waals surface area contributed by atoms with Gasteiger partial charge in [-0.05, 0) is 37.5 Å². The number of rotatable bonds is 3. The Balaban J connectivity index is 1.62. The zero-order chi connectivity index (χ0) is 9.60. The van der Waals surface area contributed by atoms with E-state index in [1.807, 2.05) is 0 Å². The van der Waals surface area contributed by atoms with Crippen LogP contribution in [0.25, 0.3) is 0 Å². The van der Waals surface area contributed by atoms with Crippen molar-refractivity contribution >= 4 is 15.9 Å². The van der Waals surface area contributed by atoms with Crippen LogP contribution in [0, 0.1) is 11.8 Å². The van der Waals surface area contributed by atoms with Gasteiger partial charge in [-0.15, -0.1) is 0 Å². The zero-order valence-electron chi connectivity index (χ0n) is 8.84. The average molecular weight is 258 g/mol. The fourth-order valence-corrected chi connectivity index (χ4v) is 4.69. The summed E-state index contributed by atoms with van der Waals surface area (Å²) < 4.78 is 0. The molecule has 2 heterocycles. The van der Waals surface area contributed by atoms with E-state index in [0.29, 0.717) is 5.54 Å². The highest BCUT2D eigenvalue weighted by molar-refractivity contribution is 9.09. The zero-order valence-corrected chi connectivity index (χ0v) is 10.4. The molecule has 14 heavy (non-hydrogen) atoms. The van der Waals surface area contributed by atoms with E-state index in [0.717, 1.165) is 11.8 Å². The fraction of sp³-hybridized carbons (Fsp3) is 1.00. The molecule has 0 aromatic carbocycles. The van der Waals surface area contributed by atoms with Crippen molar-refractivity contribution in [3.8, 4) is 0 Å². The molecule has 0 unspecified atom stereocenters. The Labute approximate surface area is 95.4 Å². The van der Waals surface area contributed by atoms with E-state index >= 15 is 0 Å². The molecule has 4 fully saturated rings. The van der Waals surface area contributed by atoms with Crippen molar-refractivity contribution in [2.45, 2.75) is 44.1 Å². The Bertz CT molecular complexity index is 216. The lowest BCUT2D eigenvalue weighted by Gasteiger charge is -2.42. The van der Waals surface area contributed by atoms with Gasteiger partial charge in [-0.3, -0.25) is 4.90 Å². The highest BCUT2D eigenvalue weighted by Crippen LogP contribution is 2.51.